The number of aryl methyl sites for hydroxylation is 1. The third-order valence-electron chi connectivity index (χ3n) is 7.17. The van der Waals surface area contributed by atoms with Gasteiger partial charge in [-0.15, -0.1) is 11.8 Å². The molecule has 164 valence electrons. The number of carbonyl (C=O) groups excluding carboxylic acids is 1. The van der Waals surface area contributed by atoms with E-state index in [9.17, 15) is 4.79 Å². The van der Waals surface area contributed by atoms with Crippen LogP contribution in [0, 0.1) is 0 Å². The van der Waals surface area contributed by atoms with E-state index in [1.54, 1.807) is 11.8 Å². The number of amides is 1. The van der Waals surface area contributed by atoms with Gasteiger partial charge in [-0.05, 0) is 78.7 Å². The van der Waals surface area contributed by atoms with E-state index in [0.29, 0.717) is 6.79 Å². The molecular formula is C26H31NO3S. The van der Waals surface area contributed by atoms with Crippen molar-refractivity contribution in [3.8, 4) is 0 Å². The summed E-state index contributed by atoms with van der Waals surface area (Å²) in [5.74, 6) is 0.261. The van der Waals surface area contributed by atoms with Crippen LogP contribution in [0.15, 0.2) is 41.3 Å². The molecule has 0 bridgehead atoms. The van der Waals surface area contributed by atoms with Crippen LogP contribution >= 0.6 is 11.8 Å². The first-order valence-electron chi connectivity index (χ1n) is 11.4. The van der Waals surface area contributed by atoms with Gasteiger partial charge in [0.05, 0.1) is 12.0 Å². The van der Waals surface area contributed by atoms with Crippen LogP contribution in [-0.4, -0.2) is 43.6 Å². The van der Waals surface area contributed by atoms with Crippen LogP contribution in [0.1, 0.15) is 59.1 Å². The van der Waals surface area contributed by atoms with E-state index in [1.807, 2.05) is 11.9 Å². The van der Waals surface area contributed by atoms with Gasteiger partial charge in [0.15, 0.2) is 0 Å². The molecule has 3 aliphatic rings. The molecule has 4 nitrogen and oxygen atoms in total. The van der Waals surface area contributed by atoms with E-state index in [1.165, 1.54) is 32.7 Å². The Morgan fingerprint density at radius 1 is 1.13 bits per heavy atom. The second-order valence-corrected chi connectivity index (χ2v) is 9.81. The fraction of sp³-hybridized carbons (Fsp3) is 0.500. The topological polar surface area (TPSA) is 38.8 Å². The maximum absolute atomic E-state index is 13.3. The smallest absolute Gasteiger partial charge is 0.229 e. The van der Waals surface area contributed by atoms with Crippen molar-refractivity contribution in [2.75, 3.05) is 26.6 Å². The summed E-state index contributed by atoms with van der Waals surface area (Å²) in [4.78, 5) is 16.6. The normalized spacial score (nSPS) is 24.3. The number of hydrogen-bond acceptors (Lipinski definition) is 4. The molecule has 0 radical (unpaired) electrons. The summed E-state index contributed by atoms with van der Waals surface area (Å²) in [7, 11) is 1.96. The molecule has 0 aromatic heterocycles. The first-order chi connectivity index (χ1) is 15.2. The average Bonchev–Trinajstić information content (AvgIpc) is 3.30. The average molecular weight is 438 g/mol. The third-order valence-corrected chi connectivity index (χ3v) is 8.00. The molecule has 1 heterocycles. The minimum Gasteiger partial charge on any atom is -0.349 e. The largest absolute Gasteiger partial charge is 0.349 e. The highest BCUT2D eigenvalue weighted by molar-refractivity contribution is 7.98. The molecule has 1 saturated heterocycles. The van der Waals surface area contributed by atoms with E-state index in [0.717, 1.165) is 45.1 Å². The molecule has 5 rings (SSSR count). The zero-order chi connectivity index (χ0) is 21.4. The zero-order valence-electron chi connectivity index (χ0n) is 18.4. The lowest BCUT2D eigenvalue weighted by molar-refractivity contribution is -0.131. The second kappa shape index (κ2) is 8.97. The monoisotopic (exact) mass is 437 g/mol. The highest BCUT2D eigenvalue weighted by atomic mass is 32.2. The standard InChI is InChI=1S/C26H31NO3S/c1-27(26(28)22-7-3-6-21-20(22)5-4-8-24(21)31-2)14-13-17-9-11-19-18(15-17)10-12-23-25(19)30-16-29-23/h4-5,8-9,11,15,22-23,25H,3,6-7,10,12-14,16H2,1-2H3. The number of benzene rings is 2. The maximum Gasteiger partial charge on any atom is 0.229 e. The Morgan fingerprint density at radius 3 is 2.90 bits per heavy atom. The molecule has 3 atom stereocenters. The van der Waals surface area contributed by atoms with Crippen LogP contribution in [0.5, 0.6) is 0 Å². The van der Waals surface area contributed by atoms with Crippen molar-refractivity contribution >= 4 is 17.7 Å². The van der Waals surface area contributed by atoms with E-state index < -0.39 is 0 Å². The summed E-state index contributed by atoms with van der Waals surface area (Å²) >= 11 is 1.79. The van der Waals surface area contributed by atoms with Gasteiger partial charge in [0.2, 0.25) is 5.91 Å². The van der Waals surface area contributed by atoms with Gasteiger partial charge in [-0.1, -0.05) is 30.3 Å². The van der Waals surface area contributed by atoms with Crippen LogP contribution in [0.2, 0.25) is 0 Å². The molecule has 5 heteroatoms. The number of likely N-dealkylation sites (N-methyl/N-ethyl adjacent to an activating group) is 1. The lowest BCUT2D eigenvalue weighted by Gasteiger charge is -2.30. The maximum atomic E-state index is 13.3. The van der Waals surface area contributed by atoms with E-state index in [-0.39, 0.29) is 24.0 Å². The van der Waals surface area contributed by atoms with Gasteiger partial charge in [0.25, 0.3) is 0 Å². The van der Waals surface area contributed by atoms with Crippen molar-refractivity contribution in [1.29, 1.82) is 0 Å². The van der Waals surface area contributed by atoms with Crippen molar-refractivity contribution in [3.05, 3.63) is 64.2 Å². The fourth-order valence-electron chi connectivity index (χ4n) is 5.46. The number of rotatable bonds is 5. The Morgan fingerprint density at radius 2 is 2.03 bits per heavy atom. The Balaban J connectivity index is 1.26. The molecular weight excluding hydrogens is 406 g/mol. The minimum atomic E-state index is 0.000770. The third kappa shape index (κ3) is 4.04. The summed E-state index contributed by atoms with van der Waals surface area (Å²) < 4.78 is 11.5. The lowest BCUT2D eigenvalue weighted by Crippen LogP contribution is -2.35. The summed E-state index contributed by atoms with van der Waals surface area (Å²) in [5.41, 5.74) is 6.59. The quantitative estimate of drug-likeness (QED) is 0.625. The molecule has 0 N–H and O–H groups in total. The number of fused-ring (bicyclic) bond motifs is 4. The predicted molar refractivity (Wildman–Crippen MR) is 124 cm³/mol. The van der Waals surface area contributed by atoms with Gasteiger partial charge in [-0.3, -0.25) is 4.79 Å². The van der Waals surface area contributed by atoms with Crippen molar-refractivity contribution in [3.63, 3.8) is 0 Å². The Kier molecular flexibility index (Phi) is 6.09. The number of carbonyl (C=O) groups is 1. The van der Waals surface area contributed by atoms with Crippen molar-refractivity contribution in [1.82, 2.24) is 4.90 Å². The van der Waals surface area contributed by atoms with Gasteiger partial charge in [-0.25, -0.2) is 0 Å². The molecule has 1 fully saturated rings. The Bertz CT molecular complexity index is 975. The minimum absolute atomic E-state index is 0.000770. The van der Waals surface area contributed by atoms with Gasteiger partial charge in [-0.2, -0.15) is 0 Å². The van der Waals surface area contributed by atoms with Gasteiger partial charge in [0, 0.05) is 18.5 Å². The van der Waals surface area contributed by atoms with E-state index >= 15 is 0 Å². The Labute approximate surface area is 189 Å². The van der Waals surface area contributed by atoms with E-state index in [4.69, 9.17) is 9.47 Å². The molecule has 2 aliphatic carbocycles. The number of thioether (sulfide) groups is 1. The van der Waals surface area contributed by atoms with Crippen LogP contribution in [0.4, 0.5) is 0 Å². The molecule has 0 spiro atoms. The first kappa shape index (κ1) is 21.0. The van der Waals surface area contributed by atoms with Crippen LogP contribution in [0.3, 0.4) is 0 Å². The van der Waals surface area contributed by atoms with Crippen molar-refractivity contribution in [2.24, 2.45) is 0 Å². The highest BCUT2D eigenvalue weighted by Gasteiger charge is 2.35. The molecule has 2 aromatic rings. The molecule has 31 heavy (non-hydrogen) atoms. The van der Waals surface area contributed by atoms with Gasteiger partial charge >= 0.3 is 0 Å². The molecule has 1 aliphatic heterocycles. The van der Waals surface area contributed by atoms with Crippen LogP contribution in [-0.2, 0) is 33.5 Å². The van der Waals surface area contributed by atoms with E-state index in [2.05, 4.69) is 42.7 Å². The van der Waals surface area contributed by atoms with Gasteiger partial charge < -0.3 is 14.4 Å². The molecule has 3 unspecified atom stereocenters. The summed E-state index contributed by atoms with van der Waals surface area (Å²) in [6.45, 7) is 1.16. The fourth-order valence-corrected chi connectivity index (χ4v) is 6.14. The number of nitrogens with zero attached hydrogens (tertiary/aromatic N) is 1. The number of ether oxygens (including phenoxy) is 2. The Hall–Kier alpha value is -1.82. The summed E-state index contributed by atoms with van der Waals surface area (Å²) in [6.07, 6.45) is 8.52. The lowest BCUT2D eigenvalue weighted by atomic mass is 9.82. The molecule has 0 saturated carbocycles. The van der Waals surface area contributed by atoms with Crippen LogP contribution in [0.25, 0.3) is 0 Å². The predicted octanol–water partition coefficient (Wildman–Crippen LogP) is 4.89. The molecule has 1 amide bonds. The first-order valence-corrected chi connectivity index (χ1v) is 12.6. The molecule has 2 aromatic carbocycles. The number of hydrogen-bond donors (Lipinski definition) is 0. The van der Waals surface area contributed by atoms with Crippen molar-refractivity contribution in [2.45, 2.75) is 61.5 Å². The zero-order valence-corrected chi connectivity index (χ0v) is 19.2. The summed E-state index contributed by atoms with van der Waals surface area (Å²) in [6, 6.07) is 13.2. The van der Waals surface area contributed by atoms with Crippen molar-refractivity contribution < 1.29 is 14.3 Å². The highest BCUT2D eigenvalue weighted by Crippen LogP contribution is 2.39. The summed E-state index contributed by atoms with van der Waals surface area (Å²) in [5, 5.41) is 0. The van der Waals surface area contributed by atoms with Gasteiger partial charge in [0.1, 0.15) is 12.9 Å². The second-order valence-electron chi connectivity index (χ2n) is 8.96. The SMILES string of the molecule is CSc1cccc2c1CCCC2C(=O)N(C)CCc1ccc2c(c1)CCC1OCOC21. The van der Waals surface area contributed by atoms with Crippen LogP contribution < -0.4 is 0 Å².